The molecule has 0 bridgehead atoms. The highest BCUT2D eigenvalue weighted by atomic mass is 16.5. The zero-order valence-corrected chi connectivity index (χ0v) is 11.2. The smallest absolute Gasteiger partial charge is 0.120 e. The summed E-state index contributed by atoms with van der Waals surface area (Å²) in [7, 11) is 1.66. The van der Waals surface area contributed by atoms with E-state index in [0.717, 1.165) is 30.9 Å². The van der Waals surface area contributed by atoms with Crippen LogP contribution in [0.4, 0.5) is 0 Å². The molecular weight excluding hydrogens is 226 g/mol. The monoisotopic (exact) mass is 249 g/mol. The van der Waals surface area contributed by atoms with E-state index in [1.165, 1.54) is 32.1 Å². The summed E-state index contributed by atoms with van der Waals surface area (Å²) in [5, 5.41) is 9.90. The van der Waals surface area contributed by atoms with Crippen molar-refractivity contribution in [2.24, 2.45) is 0 Å². The Bertz CT molecular complexity index is 371. The van der Waals surface area contributed by atoms with E-state index in [1.807, 2.05) is 6.07 Å². The number of hydrogen-bond donors (Lipinski definition) is 1. The lowest BCUT2D eigenvalue weighted by Gasteiger charge is -2.25. The molecule has 100 valence electrons. The number of hydrogen-bond acceptors (Lipinski definition) is 3. The molecule has 1 aromatic rings. The molecule has 1 saturated heterocycles. The van der Waals surface area contributed by atoms with Gasteiger partial charge in [0.05, 0.1) is 7.11 Å². The van der Waals surface area contributed by atoms with Gasteiger partial charge >= 0.3 is 0 Å². The van der Waals surface area contributed by atoms with Gasteiger partial charge in [-0.15, -0.1) is 0 Å². The van der Waals surface area contributed by atoms with Crippen LogP contribution < -0.4 is 4.74 Å². The maximum atomic E-state index is 9.90. The molecule has 0 aromatic heterocycles. The van der Waals surface area contributed by atoms with E-state index in [9.17, 15) is 5.11 Å². The molecule has 3 heteroatoms. The third-order valence-electron chi connectivity index (χ3n) is 3.63. The van der Waals surface area contributed by atoms with Crippen LogP contribution in [0.25, 0.3) is 0 Å². The van der Waals surface area contributed by atoms with Crippen LogP contribution >= 0.6 is 0 Å². The molecular formula is C15H23NO2. The van der Waals surface area contributed by atoms with E-state index in [1.54, 1.807) is 19.2 Å². The largest absolute Gasteiger partial charge is 0.508 e. The number of ether oxygens (including phenoxy) is 1. The molecule has 1 N–H and O–H groups in total. The first-order valence-corrected chi connectivity index (χ1v) is 6.88. The van der Waals surface area contributed by atoms with Gasteiger partial charge in [0.2, 0.25) is 0 Å². The Morgan fingerprint density at radius 2 is 1.78 bits per heavy atom. The lowest BCUT2D eigenvalue weighted by Crippen LogP contribution is -2.26. The van der Waals surface area contributed by atoms with Crippen molar-refractivity contribution in [1.29, 1.82) is 0 Å². The van der Waals surface area contributed by atoms with Crippen molar-refractivity contribution in [1.82, 2.24) is 4.90 Å². The Morgan fingerprint density at radius 3 is 2.44 bits per heavy atom. The van der Waals surface area contributed by atoms with Crippen LogP contribution in [0.1, 0.15) is 37.7 Å². The molecule has 0 spiro atoms. The van der Waals surface area contributed by atoms with Crippen LogP contribution in [0.15, 0.2) is 18.2 Å². The number of rotatable bonds is 3. The van der Waals surface area contributed by atoms with Crippen molar-refractivity contribution in [3.63, 3.8) is 0 Å². The van der Waals surface area contributed by atoms with Gasteiger partial charge in [-0.2, -0.15) is 0 Å². The maximum Gasteiger partial charge on any atom is 0.120 e. The van der Waals surface area contributed by atoms with E-state index in [4.69, 9.17) is 4.74 Å². The van der Waals surface area contributed by atoms with Crippen LogP contribution in [0.3, 0.4) is 0 Å². The standard InChI is InChI=1S/C15H23NO2/c1-18-14-7-8-15(17)13(11-14)12-16-9-5-3-2-4-6-10-16/h7-8,11,17H,2-6,9-10,12H2,1H3. The summed E-state index contributed by atoms with van der Waals surface area (Å²) >= 11 is 0. The third kappa shape index (κ3) is 3.64. The first-order valence-electron chi connectivity index (χ1n) is 6.88. The van der Waals surface area contributed by atoms with Crippen molar-refractivity contribution in [3.8, 4) is 11.5 Å². The zero-order chi connectivity index (χ0) is 12.8. The number of phenolic OH excluding ortho intramolecular Hbond substituents is 1. The second-order valence-corrected chi connectivity index (χ2v) is 5.04. The van der Waals surface area contributed by atoms with Gasteiger partial charge in [0.25, 0.3) is 0 Å². The Morgan fingerprint density at radius 1 is 1.11 bits per heavy atom. The summed E-state index contributed by atoms with van der Waals surface area (Å²) in [6, 6.07) is 5.46. The summed E-state index contributed by atoms with van der Waals surface area (Å²) in [6.45, 7) is 3.09. The molecule has 0 aliphatic carbocycles. The van der Waals surface area contributed by atoms with Gasteiger partial charge in [0.1, 0.15) is 11.5 Å². The molecule has 1 aliphatic rings. The van der Waals surface area contributed by atoms with E-state index in [0.29, 0.717) is 5.75 Å². The average Bonchev–Trinajstić information content (AvgIpc) is 2.35. The highest BCUT2D eigenvalue weighted by Crippen LogP contribution is 2.25. The molecule has 1 aliphatic heterocycles. The molecule has 0 unspecified atom stereocenters. The minimum absolute atomic E-state index is 0.373. The maximum absolute atomic E-state index is 9.90. The van der Waals surface area contributed by atoms with E-state index in [-0.39, 0.29) is 0 Å². The fraction of sp³-hybridized carbons (Fsp3) is 0.600. The molecule has 1 aromatic carbocycles. The van der Waals surface area contributed by atoms with Crippen molar-refractivity contribution >= 4 is 0 Å². The fourth-order valence-corrected chi connectivity index (χ4v) is 2.53. The summed E-state index contributed by atoms with van der Waals surface area (Å²) in [4.78, 5) is 2.44. The first-order chi connectivity index (χ1) is 8.79. The summed E-state index contributed by atoms with van der Waals surface area (Å²) in [5.74, 6) is 1.19. The second kappa shape index (κ2) is 6.64. The van der Waals surface area contributed by atoms with Gasteiger partial charge in [-0.1, -0.05) is 19.3 Å². The van der Waals surface area contributed by atoms with Crippen molar-refractivity contribution in [2.75, 3.05) is 20.2 Å². The van der Waals surface area contributed by atoms with Crippen molar-refractivity contribution in [2.45, 2.75) is 38.6 Å². The van der Waals surface area contributed by atoms with Crippen LogP contribution in [-0.4, -0.2) is 30.2 Å². The number of benzene rings is 1. The molecule has 0 radical (unpaired) electrons. The van der Waals surface area contributed by atoms with Crippen molar-refractivity contribution in [3.05, 3.63) is 23.8 Å². The molecule has 1 heterocycles. The van der Waals surface area contributed by atoms with Gasteiger partial charge in [-0.05, 0) is 44.1 Å². The summed E-state index contributed by atoms with van der Waals surface area (Å²) in [6.07, 6.45) is 6.58. The van der Waals surface area contributed by atoms with Crippen LogP contribution in [0.2, 0.25) is 0 Å². The van der Waals surface area contributed by atoms with Crippen LogP contribution in [0.5, 0.6) is 11.5 Å². The van der Waals surface area contributed by atoms with Crippen LogP contribution in [0, 0.1) is 0 Å². The lowest BCUT2D eigenvalue weighted by molar-refractivity contribution is 0.236. The molecule has 18 heavy (non-hydrogen) atoms. The number of phenols is 1. The normalized spacial score (nSPS) is 18.1. The Labute approximate surface area is 109 Å². The Hall–Kier alpha value is -1.22. The number of aromatic hydroxyl groups is 1. The fourth-order valence-electron chi connectivity index (χ4n) is 2.53. The zero-order valence-electron chi connectivity index (χ0n) is 11.2. The highest BCUT2D eigenvalue weighted by Gasteiger charge is 2.11. The predicted octanol–water partition coefficient (Wildman–Crippen LogP) is 3.17. The Balaban J connectivity index is 2.02. The minimum atomic E-state index is 0.373. The highest BCUT2D eigenvalue weighted by molar-refractivity contribution is 5.39. The number of nitrogens with zero attached hydrogens (tertiary/aromatic N) is 1. The molecule has 2 rings (SSSR count). The number of likely N-dealkylation sites (tertiary alicyclic amines) is 1. The van der Waals surface area contributed by atoms with Gasteiger partial charge < -0.3 is 9.84 Å². The summed E-state index contributed by atoms with van der Waals surface area (Å²) < 4.78 is 5.21. The molecule has 3 nitrogen and oxygen atoms in total. The van der Waals surface area contributed by atoms with Gasteiger partial charge in [0.15, 0.2) is 0 Å². The second-order valence-electron chi connectivity index (χ2n) is 5.04. The molecule has 0 saturated carbocycles. The summed E-state index contributed by atoms with van der Waals surface area (Å²) in [5.41, 5.74) is 0.968. The van der Waals surface area contributed by atoms with E-state index in [2.05, 4.69) is 4.90 Å². The van der Waals surface area contributed by atoms with Gasteiger partial charge in [-0.3, -0.25) is 4.90 Å². The predicted molar refractivity (Wildman–Crippen MR) is 73.0 cm³/mol. The number of methoxy groups -OCH3 is 1. The first kappa shape index (κ1) is 13.2. The average molecular weight is 249 g/mol. The minimum Gasteiger partial charge on any atom is -0.508 e. The van der Waals surface area contributed by atoms with Crippen LogP contribution in [-0.2, 0) is 6.54 Å². The molecule has 0 amide bonds. The topological polar surface area (TPSA) is 32.7 Å². The quantitative estimate of drug-likeness (QED) is 0.893. The molecule has 0 atom stereocenters. The molecule has 1 fully saturated rings. The van der Waals surface area contributed by atoms with Gasteiger partial charge in [-0.25, -0.2) is 0 Å². The lowest BCUT2D eigenvalue weighted by atomic mass is 10.1. The van der Waals surface area contributed by atoms with Gasteiger partial charge in [0, 0.05) is 12.1 Å². The van der Waals surface area contributed by atoms with E-state index < -0.39 is 0 Å². The Kier molecular flexibility index (Phi) is 4.88. The SMILES string of the molecule is COc1ccc(O)c(CN2CCCCCCC2)c1. The van der Waals surface area contributed by atoms with Crippen molar-refractivity contribution < 1.29 is 9.84 Å². The van der Waals surface area contributed by atoms with E-state index >= 15 is 0 Å². The third-order valence-corrected chi connectivity index (χ3v) is 3.63.